The second-order valence-corrected chi connectivity index (χ2v) is 9.00. The molecule has 6 N–H and O–H groups in total. The van der Waals surface area contributed by atoms with Crippen LogP contribution in [0.1, 0.15) is 17.9 Å². The van der Waals surface area contributed by atoms with Gasteiger partial charge in [0.1, 0.15) is 0 Å². The van der Waals surface area contributed by atoms with E-state index in [1.807, 2.05) is 0 Å². The molecule has 3 unspecified atom stereocenters. The molecule has 0 fully saturated rings. The van der Waals surface area contributed by atoms with E-state index in [2.05, 4.69) is 0 Å². The van der Waals surface area contributed by atoms with Crippen molar-refractivity contribution in [3.05, 3.63) is 35.9 Å². The molecular formula is C20H28N2O6S2. The lowest BCUT2D eigenvalue weighted by Crippen LogP contribution is -2.60. The fourth-order valence-electron chi connectivity index (χ4n) is 3.53. The molecule has 0 radical (unpaired) electrons. The predicted octanol–water partition coefficient (Wildman–Crippen LogP) is 1.08. The van der Waals surface area contributed by atoms with Gasteiger partial charge in [-0.2, -0.15) is 23.5 Å². The molecule has 0 bridgehead atoms. The molecule has 0 spiro atoms. The normalized spacial score (nSPS) is 18.3. The molecule has 1 aromatic carbocycles. The van der Waals surface area contributed by atoms with Crippen LogP contribution in [0.2, 0.25) is 0 Å². The minimum atomic E-state index is -2.19. The molecule has 0 aliphatic rings. The Kier molecular flexibility index (Phi) is 10.0. The topological polar surface area (TPSA) is 161 Å². The van der Waals surface area contributed by atoms with Crippen LogP contribution < -0.4 is 11.5 Å². The number of benzene rings is 1. The van der Waals surface area contributed by atoms with Crippen molar-refractivity contribution in [1.82, 2.24) is 0 Å². The van der Waals surface area contributed by atoms with E-state index in [-0.39, 0.29) is 30.5 Å². The van der Waals surface area contributed by atoms with E-state index < -0.39 is 40.8 Å². The van der Waals surface area contributed by atoms with Gasteiger partial charge >= 0.3 is 11.9 Å². The second-order valence-electron chi connectivity index (χ2n) is 7.18. The molecule has 10 heteroatoms. The van der Waals surface area contributed by atoms with Gasteiger partial charge in [0, 0.05) is 11.8 Å². The zero-order valence-electron chi connectivity index (χ0n) is 16.9. The Labute approximate surface area is 184 Å². The van der Waals surface area contributed by atoms with Crippen molar-refractivity contribution in [2.45, 2.75) is 23.4 Å². The molecule has 8 nitrogen and oxygen atoms in total. The van der Waals surface area contributed by atoms with Crippen molar-refractivity contribution in [2.24, 2.45) is 23.3 Å². The zero-order chi connectivity index (χ0) is 22.9. The van der Waals surface area contributed by atoms with Crippen LogP contribution >= 0.6 is 23.5 Å². The van der Waals surface area contributed by atoms with Crippen molar-refractivity contribution < 1.29 is 29.4 Å². The monoisotopic (exact) mass is 456 g/mol. The third-order valence-electron chi connectivity index (χ3n) is 5.39. The SMILES string of the molecule is CSCC(CC(c1ccccc1)C(CSC)[C@@](N)(C=O)C(=O)O)[C@@](N)(C=O)C(=O)O. The number of thioether (sulfide) groups is 2. The van der Waals surface area contributed by atoms with Crippen LogP contribution in [0.15, 0.2) is 30.3 Å². The van der Waals surface area contributed by atoms with E-state index in [1.165, 1.54) is 23.5 Å². The first kappa shape index (κ1) is 26.2. The number of carboxylic acids is 2. The summed E-state index contributed by atoms with van der Waals surface area (Å²) in [5.41, 5.74) is 8.38. The maximum absolute atomic E-state index is 11.9. The number of carboxylic acid groups (broad SMARTS) is 2. The molecule has 0 heterocycles. The highest BCUT2D eigenvalue weighted by Gasteiger charge is 2.50. The van der Waals surface area contributed by atoms with E-state index in [4.69, 9.17) is 11.5 Å². The molecule has 0 amide bonds. The average Bonchev–Trinajstić information content (AvgIpc) is 2.74. The molecule has 0 saturated carbocycles. The largest absolute Gasteiger partial charge is 0.480 e. The van der Waals surface area contributed by atoms with Crippen molar-refractivity contribution in [1.29, 1.82) is 0 Å². The number of aldehydes is 2. The van der Waals surface area contributed by atoms with E-state index in [0.717, 1.165) is 0 Å². The fraction of sp³-hybridized carbons (Fsp3) is 0.500. The predicted molar refractivity (Wildman–Crippen MR) is 119 cm³/mol. The van der Waals surface area contributed by atoms with Gasteiger partial charge in [0.2, 0.25) is 0 Å². The molecule has 0 aliphatic heterocycles. The van der Waals surface area contributed by atoms with Gasteiger partial charge in [-0.3, -0.25) is 0 Å². The maximum atomic E-state index is 11.9. The summed E-state index contributed by atoms with van der Waals surface area (Å²) >= 11 is 2.65. The molecule has 1 aromatic rings. The Morgan fingerprint density at radius 3 is 1.87 bits per heavy atom. The summed E-state index contributed by atoms with van der Waals surface area (Å²) in [7, 11) is 0. The summed E-state index contributed by atoms with van der Waals surface area (Å²) in [6.07, 6.45) is 4.03. The van der Waals surface area contributed by atoms with Gasteiger partial charge < -0.3 is 31.3 Å². The van der Waals surface area contributed by atoms with E-state index in [9.17, 15) is 29.4 Å². The van der Waals surface area contributed by atoms with Crippen molar-refractivity contribution in [3.8, 4) is 0 Å². The first-order valence-electron chi connectivity index (χ1n) is 9.12. The van der Waals surface area contributed by atoms with Crippen molar-refractivity contribution in [3.63, 3.8) is 0 Å². The number of nitrogens with two attached hydrogens (primary N) is 2. The van der Waals surface area contributed by atoms with Crippen LogP contribution in [0, 0.1) is 11.8 Å². The number of hydrogen-bond acceptors (Lipinski definition) is 8. The summed E-state index contributed by atoms with van der Waals surface area (Å²) in [6, 6.07) is 8.83. The minimum absolute atomic E-state index is 0.0672. The Morgan fingerprint density at radius 2 is 1.47 bits per heavy atom. The van der Waals surface area contributed by atoms with Crippen LogP contribution in [-0.2, 0) is 19.2 Å². The van der Waals surface area contributed by atoms with E-state index in [0.29, 0.717) is 5.56 Å². The Balaban J connectivity index is 3.61. The quantitative estimate of drug-likeness (QED) is 0.235. The van der Waals surface area contributed by atoms with E-state index >= 15 is 0 Å². The lowest BCUT2D eigenvalue weighted by Gasteiger charge is -2.39. The van der Waals surface area contributed by atoms with Crippen LogP contribution in [0.5, 0.6) is 0 Å². The maximum Gasteiger partial charge on any atom is 0.331 e. The Morgan fingerprint density at radius 1 is 0.967 bits per heavy atom. The summed E-state index contributed by atoms with van der Waals surface area (Å²) < 4.78 is 0. The van der Waals surface area contributed by atoms with Gasteiger partial charge in [-0.05, 0) is 41.9 Å². The summed E-state index contributed by atoms with van der Waals surface area (Å²) in [6.45, 7) is 0. The van der Waals surface area contributed by atoms with Gasteiger partial charge in [0.05, 0.1) is 0 Å². The van der Waals surface area contributed by atoms with Crippen LogP contribution in [-0.4, -0.2) is 69.8 Å². The first-order chi connectivity index (χ1) is 14.1. The third kappa shape index (κ3) is 5.63. The van der Waals surface area contributed by atoms with Crippen molar-refractivity contribution >= 4 is 48.0 Å². The van der Waals surface area contributed by atoms with Crippen LogP contribution in [0.25, 0.3) is 0 Å². The minimum Gasteiger partial charge on any atom is -0.480 e. The number of carbonyl (C=O) groups is 4. The van der Waals surface area contributed by atoms with Crippen molar-refractivity contribution in [2.75, 3.05) is 24.0 Å². The Hall–Kier alpha value is -1.88. The fourth-order valence-corrected chi connectivity index (χ4v) is 5.21. The number of rotatable bonds is 14. The number of carbonyl (C=O) groups excluding carboxylic acids is 2. The molecule has 0 aliphatic carbocycles. The van der Waals surface area contributed by atoms with Gasteiger partial charge in [0.15, 0.2) is 23.7 Å². The Bertz CT molecular complexity index is 750. The molecule has 30 heavy (non-hydrogen) atoms. The molecular weight excluding hydrogens is 428 g/mol. The van der Waals surface area contributed by atoms with Crippen LogP contribution in [0.3, 0.4) is 0 Å². The smallest absolute Gasteiger partial charge is 0.331 e. The average molecular weight is 457 g/mol. The molecule has 1 rings (SSSR count). The highest BCUT2D eigenvalue weighted by Crippen LogP contribution is 2.40. The lowest BCUT2D eigenvalue weighted by molar-refractivity contribution is -0.150. The second kappa shape index (κ2) is 11.5. The summed E-state index contributed by atoms with van der Waals surface area (Å²) in [5.74, 6) is -4.74. The number of aliphatic carboxylic acids is 2. The van der Waals surface area contributed by atoms with Gasteiger partial charge in [0.25, 0.3) is 0 Å². The van der Waals surface area contributed by atoms with Gasteiger partial charge in [-0.15, -0.1) is 0 Å². The van der Waals surface area contributed by atoms with E-state index in [1.54, 1.807) is 42.8 Å². The van der Waals surface area contributed by atoms with Gasteiger partial charge in [-0.1, -0.05) is 30.3 Å². The standard InChI is InChI=1S/C20H28N2O6S2/c1-29-9-14(19(21,11-23)17(25)26)8-15(13-6-4-3-5-7-13)16(10-30-2)20(22,12-24)18(27)28/h3-7,11-12,14-16H,8-10,21-22H2,1-2H3,(H,25,26)(H,27,28)/t14?,15?,16?,19-,20-/m0/s1. The lowest BCUT2D eigenvalue weighted by atomic mass is 9.69. The zero-order valence-corrected chi connectivity index (χ0v) is 18.5. The third-order valence-corrected chi connectivity index (χ3v) is 6.81. The number of hydrogen-bond donors (Lipinski definition) is 4. The summed E-state index contributed by atoms with van der Waals surface area (Å²) in [5, 5.41) is 19.3. The highest BCUT2D eigenvalue weighted by molar-refractivity contribution is 7.98. The molecule has 166 valence electrons. The molecule has 5 atom stereocenters. The first-order valence-corrected chi connectivity index (χ1v) is 11.9. The summed E-state index contributed by atoms with van der Waals surface area (Å²) in [4.78, 5) is 47.2. The molecule has 0 saturated heterocycles. The van der Waals surface area contributed by atoms with Crippen LogP contribution in [0.4, 0.5) is 0 Å². The highest BCUT2D eigenvalue weighted by atomic mass is 32.2. The molecule has 0 aromatic heterocycles. The van der Waals surface area contributed by atoms with Gasteiger partial charge in [-0.25, -0.2) is 9.59 Å².